The number of ether oxygens (including phenoxy) is 1. The molecular formula is C26H31NO4. The molecule has 1 saturated heterocycles. The number of aliphatic hydroxyl groups excluding tert-OH is 1. The molecule has 0 aromatic heterocycles. The Hall–Kier alpha value is -3.08. The Kier molecular flexibility index (Phi) is 6.84. The van der Waals surface area contributed by atoms with Crippen molar-refractivity contribution in [2.24, 2.45) is 5.92 Å². The number of ketones is 1. The molecule has 0 aliphatic carbocycles. The quantitative estimate of drug-likeness (QED) is 0.380. The van der Waals surface area contributed by atoms with Crippen molar-refractivity contribution in [3.63, 3.8) is 0 Å². The monoisotopic (exact) mass is 421 g/mol. The highest BCUT2D eigenvalue weighted by molar-refractivity contribution is 6.46. The van der Waals surface area contributed by atoms with E-state index in [4.69, 9.17) is 4.74 Å². The summed E-state index contributed by atoms with van der Waals surface area (Å²) >= 11 is 0. The number of likely N-dealkylation sites (tertiary alicyclic amines) is 1. The number of nitrogens with zero attached hydrogens (tertiary/aromatic N) is 1. The van der Waals surface area contributed by atoms with E-state index in [0.29, 0.717) is 24.6 Å². The molecule has 1 aliphatic heterocycles. The average Bonchev–Trinajstić information content (AvgIpc) is 2.97. The van der Waals surface area contributed by atoms with Crippen LogP contribution in [0.1, 0.15) is 55.5 Å². The van der Waals surface area contributed by atoms with Crippen LogP contribution in [0.5, 0.6) is 5.75 Å². The summed E-state index contributed by atoms with van der Waals surface area (Å²) in [6.45, 7) is 11.0. The van der Waals surface area contributed by atoms with Crippen LogP contribution in [0.25, 0.3) is 5.76 Å². The Morgan fingerprint density at radius 1 is 1.13 bits per heavy atom. The molecule has 2 aromatic carbocycles. The Bertz CT molecular complexity index is 1020. The minimum atomic E-state index is -0.643. The number of aryl methyl sites for hydroxylation is 2. The van der Waals surface area contributed by atoms with Crippen molar-refractivity contribution >= 4 is 17.4 Å². The van der Waals surface area contributed by atoms with E-state index in [0.717, 1.165) is 28.9 Å². The largest absolute Gasteiger partial charge is 0.507 e. The van der Waals surface area contributed by atoms with Crippen LogP contribution in [-0.2, 0) is 9.59 Å². The summed E-state index contributed by atoms with van der Waals surface area (Å²) in [7, 11) is 0. The van der Waals surface area contributed by atoms with Gasteiger partial charge in [0, 0.05) is 12.1 Å². The van der Waals surface area contributed by atoms with Crippen LogP contribution in [0.2, 0.25) is 0 Å². The van der Waals surface area contributed by atoms with Crippen LogP contribution < -0.4 is 4.74 Å². The molecule has 2 aromatic rings. The first-order chi connectivity index (χ1) is 14.7. The summed E-state index contributed by atoms with van der Waals surface area (Å²) in [5.41, 5.74) is 3.35. The lowest BCUT2D eigenvalue weighted by atomic mass is 9.94. The van der Waals surface area contributed by atoms with Crippen LogP contribution in [0, 0.1) is 19.8 Å². The zero-order valence-corrected chi connectivity index (χ0v) is 18.9. The summed E-state index contributed by atoms with van der Waals surface area (Å²) in [6, 6.07) is 12.5. The third kappa shape index (κ3) is 4.66. The molecule has 3 rings (SSSR count). The number of aliphatic hydroxyl groups is 1. The van der Waals surface area contributed by atoms with Gasteiger partial charge >= 0.3 is 0 Å². The molecule has 0 bridgehead atoms. The molecule has 1 unspecified atom stereocenters. The fourth-order valence-corrected chi connectivity index (χ4v) is 3.91. The lowest BCUT2D eigenvalue weighted by molar-refractivity contribution is -0.139. The standard InChI is InChI=1S/C26H31NO4/c1-6-12-27-23(19-9-7-8-17(4)13-19)22(25(29)26(27)30)24(28)20-10-11-21(18(5)14-20)31-15-16(2)3/h7-11,13-14,16,23,28H,6,12,15H2,1-5H3/b24-22-. The SMILES string of the molecule is CCCN1C(=O)C(=O)/C(=C(\O)c2ccc(OCC(C)C)c(C)c2)C1c1cccc(C)c1. The first-order valence-electron chi connectivity index (χ1n) is 10.8. The Labute approximate surface area is 184 Å². The van der Waals surface area contributed by atoms with Gasteiger partial charge < -0.3 is 14.7 Å². The van der Waals surface area contributed by atoms with Crippen molar-refractivity contribution in [2.45, 2.75) is 47.1 Å². The van der Waals surface area contributed by atoms with Gasteiger partial charge in [0.05, 0.1) is 18.2 Å². The van der Waals surface area contributed by atoms with Crippen molar-refractivity contribution in [3.05, 3.63) is 70.3 Å². The number of carbonyl (C=O) groups is 2. The molecule has 5 heteroatoms. The highest BCUT2D eigenvalue weighted by Crippen LogP contribution is 2.40. The first kappa shape index (κ1) is 22.6. The average molecular weight is 422 g/mol. The van der Waals surface area contributed by atoms with Gasteiger partial charge in [-0.1, -0.05) is 50.6 Å². The third-order valence-electron chi connectivity index (χ3n) is 5.38. The second-order valence-corrected chi connectivity index (χ2v) is 8.59. The van der Waals surface area contributed by atoms with Crippen molar-refractivity contribution in [1.29, 1.82) is 0 Å². The third-order valence-corrected chi connectivity index (χ3v) is 5.38. The van der Waals surface area contributed by atoms with Crippen molar-refractivity contribution < 1.29 is 19.4 Å². The van der Waals surface area contributed by atoms with Gasteiger partial charge in [-0.25, -0.2) is 0 Å². The van der Waals surface area contributed by atoms with Gasteiger partial charge in [-0.05, 0) is 55.5 Å². The van der Waals surface area contributed by atoms with E-state index in [1.54, 1.807) is 23.1 Å². The summed E-state index contributed by atoms with van der Waals surface area (Å²) in [5, 5.41) is 11.2. The number of benzene rings is 2. The summed E-state index contributed by atoms with van der Waals surface area (Å²) in [6.07, 6.45) is 0.719. The second kappa shape index (κ2) is 9.38. The molecule has 0 saturated carbocycles. The summed E-state index contributed by atoms with van der Waals surface area (Å²) < 4.78 is 5.82. The minimum Gasteiger partial charge on any atom is -0.507 e. The number of hydrogen-bond donors (Lipinski definition) is 1. The number of rotatable bonds is 7. The zero-order valence-electron chi connectivity index (χ0n) is 18.9. The first-order valence-corrected chi connectivity index (χ1v) is 10.8. The predicted molar refractivity (Wildman–Crippen MR) is 122 cm³/mol. The van der Waals surface area contributed by atoms with E-state index in [9.17, 15) is 14.7 Å². The highest BCUT2D eigenvalue weighted by atomic mass is 16.5. The fourth-order valence-electron chi connectivity index (χ4n) is 3.91. The van der Waals surface area contributed by atoms with Gasteiger partial charge in [0.2, 0.25) is 0 Å². The van der Waals surface area contributed by atoms with Gasteiger partial charge in [0.1, 0.15) is 11.5 Å². The zero-order chi connectivity index (χ0) is 22.7. The van der Waals surface area contributed by atoms with Gasteiger partial charge in [-0.3, -0.25) is 9.59 Å². The molecule has 1 aliphatic rings. The molecule has 1 atom stereocenters. The van der Waals surface area contributed by atoms with Gasteiger partial charge in [-0.15, -0.1) is 0 Å². The summed E-state index contributed by atoms with van der Waals surface area (Å²) in [4.78, 5) is 27.3. The lowest BCUT2D eigenvalue weighted by Gasteiger charge is -2.25. The number of amides is 1. The Morgan fingerprint density at radius 3 is 2.48 bits per heavy atom. The molecule has 5 nitrogen and oxygen atoms in total. The minimum absolute atomic E-state index is 0.138. The molecule has 0 radical (unpaired) electrons. The van der Waals surface area contributed by atoms with E-state index >= 15 is 0 Å². The molecule has 0 spiro atoms. The van der Waals surface area contributed by atoms with Gasteiger partial charge in [-0.2, -0.15) is 0 Å². The van der Waals surface area contributed by atoms with E-state index in [-0.39, 0.29) is 11.3 Å². The number of Topliss-reactive ketones (excluding diaryl/α,β-unsaturated/α-hetero) is 1. The molecule has 31 heavy (non-hydrogen) atoms. The number of hydrogen-bond acceptors (Lipinski definition) is 4. The maximum Gasteiger partial charge on any atom is 0.295 e. The van der Waals surface area contributed by atoms with E-state index < -0.39 is 17.7 Å². The van der Waals surface area contributed by atoms with Crippen LogP contribution in [0.15, 0.2) is 48.0 Å². The smallest absolute Gasteiger partial charge is 0.295 e. The molecule has 1 heterocycles. The van der Waals surface area contributed by atoms with Crippen LogP contribution in [-0.4, -0.2) is 34.8 Å². The highest BCUT2D eigenvalue weighted by Gasteiger charge is 2.45. The summed E-state index contributed by atoms with van der Waals surface area (Å²) in [5.74, 6) is -0.219. The van der Waals surface area contributed by atoms with Crippen LogP contribution in [0.3, 0.4) is 0 Å². The number of carbonyl (C=O) groups excluding carboxylic acids is 2. The van der Waals surface area contributed by atoms with Gasteiger partial charge in [0.25, 0.3) is 11.7 Å². The maximum atomic E-state index is 13.0. The molecular weight excluding hydrogens is 390 g/mol. The topological polar surface area (TPSA) is 66.8 Å². The Morgan fingerprint density at radius 2 is 1.87 bits per heavy atom. The molecule has 164 valence electrons. The predicted octanol–water partition coefficient (Wildman–Crippen LogP) is 5.17. The normalized spacial score (nSPS) is 18.1. The van der Waals surface area contributed by atoms with E-state index in [1.165, 1.54) is 0 Å². The molecule has 1 fully saturated rings. The van der Waals surface area contributed by atoms with Crippen LogP contribution >= 0.6 is 0 Å². The van der Waals surface area contributed by atoms with Crippen LogP contribution in [0.4, 0.5) is 0 Å². The van der Waals surface area contributed by atoms with E-state index in [1.807, 2.05) is 45.0 Å². The maximum absolute atomic E-state index is 13.0. The molecule has 1 N–H and O–H groups in total. The van der Waals surface area contributed by atoms with Crippen molar-refractivity contribution in [2.75, 3.05) is 13.2 Å². The second-order valence-electron chi connectivity index (χ2n) is 8.59. The van der Waals surface area contributed by atoms with Crippen molar-refractivity contribution in [1.82, 2.24) is 4.90 Å². The fraction of sp³-hybridized carbons (Fsp3) is 0.385. The van der Waals surface area contributed by atoms with E-state index in [2.05, 4.69) is 13.8 Å². The molecule has 1 amide bonds. The van der Waals surface area contributed by atoms with Crippen molar-refractivity contribution in [3.8, 4) is 5.75 Å². The lowest BCUT2D eigenvalue weighted by Crippen LogP contribution is -2.30. The Balaban J connectivity index is 2.09. The van der Waals surface area contributed by atoms with Gasteiger partial charge in [0.15, 0.2) is 0 Å².